The standard InChI is InChI=1S/C17H24N6O/c1-12-6-4-8-16(18-12)20-17(24)22-9-5-7-15(10-22)11-23-14(3)19-13(2)21-23/h4,6,8,15H,5,7,9-11H2,1-3H3,(H,18,20,24). The molecule has 0 saturated carbocycles. The van der Waals surface area contributed by atoms with Crippen LogP contribution in [0.3, 0.4) is 0 Å². The van der Waals surface area contributed by atoms with Gasteiger partial charge in [0.2, 0.25) is 0 Å². The quantitative estimate of drug-likeness (QED) is 0.939. The van der Waals surface area contributed by atoms with Crippen molar-refractivity contribution < 1.29 is 4.79 Å². The smallest absolute Gasteiger partial charge is 0.323 e. The first-order valence-corrected chi connectivity index (χ1v) is 8.39. The molecular weight excluding hydrogens is 304 g/mol. The van der Waals surface area contributed by atoms with Crippen LogP contribution in [0, 0.1) is 26.7 Å². The van der Waals surface area contributed by atoms with Gasteiger partial charge in [-0.2, -0.15) is 5.10 Å². The summed E-state index contributed by atoms with van der Waals surface area (Å²) in [6.45, 7) is 8.10. The van der Waals surface area contributed by atoms with E-state index < -0.39 is 0 Å². The predicted octanol–water partition coefficient (Wildman–Crippen LogP) is 2.54. The first kappa shape index (κ1) is 16.4. The molecule has 0 spiro atoms. The molecule has 2 aromatic rings. The zero-order chi connectivity index (χ0) is 17.1. The molecule has 1 saturated heterocycles. The molecule has 7 heteroatoms. The zero-order valence-corrected chi connectivity index (χ0v) is 14.5. The molecule has 24 heavy (non-hydrogen) atoms. The van der Waals surface area contributed by atoms with Gasteiger partial charge in [-0.05, 0) is 51.7 Å². The van der Waals surface area contributed by atoms with Crippen LogP contribution < -0.4 is 5.32 Å². The van der Waals surface area contributed by atoms with Crippen LogP contribution in [0.2, 0.25) is 0 Å². The molecule has 1 fully saturated rings. The van der Waals surface area contributed by atoms with Gasteiger partial charge in [0.1, 0.15) is 17.5 Å². The number of aromatic nitrogens is 4. The minimum Gasteiger partial charge on any atom is -0.324 e. The van der Waals surface area contributed by atoms with E-state index in [0.29, 0.717) is 11.7 Å². The molecule has 0 aromatic carbocycles. The van der Waals surface area contributed by atoms with Crippen LogP contribution in [0.25, 0.3) is 0 Å². The average Bonchev–Trinajstić information content (AvgIpc) is 2.85. The van der Waals surface area contributed by atoms with Crippen LogP contribution in [-0.4, -0.2) is 43.8 Å². The highest BCUT2D eigenvalue weighted by atomic mass is 16.2. The van der Waals surface area contributed by atoms with Gasteiger partial charge in [0.25, 0.3) is 0 Å². The minimum absolute atomic E-state index is 0.0794. The monoisotopic (exact) mass is 328 g/mol. The Morgan fingerprint density at radius 1 is 1.29 bits per heavy atom. The number of carbonyl (C=O) groups excluding carboxylic acids is 1. The highest BCUT2D eigenvalue weighted by Crippen LogP contribution is 2.19. The number of hydrogen-bond acceptors (Lipinski definition) is 4. The van der Waals surface area contributed by atoms with Gasteiger partial charge in [0, 0.05) is 25.3 Å². The highest BCUT2D eigenvalue weighted by molar-refractivity contribution is 5.88. The molecule has 3 heterocycles. The normalized spacial score (nSPS) is 17.8. The van der Waals surface area contributed by atoms with E-state index in [-0.39, 0.29) is 6.03 Å². The Morgan fingerprint density at radius 3 is 2.83 bits per heavy atom. The van der Waals surface area contributed by atoms with Crippen LogP contribution in [0.5, 0.6) is 0 Å². The van der Waals surface area contributed by atoms with Crippen molar-refractivity contribution >= 4 is 11.8 Å². The number of hydrogen-bond donors (Lipinski definition) is 1. The maximum atomic E-state index is 12.5. The molecule has 0 aliphatic carbocycles. The van der Waals surface area contributed by atoms with Gasteiger partial charge in [-0.15, -0.1) is 0 Å². The van der Waals surface area contributed by atoms with E-state index in [1.807, 2.05) is 48.6 Å². The molecule has 0 bridgehead atoms. The lowest BCUT2D eigenvalue weighted by Gasteiger charge is -2.32. The molecule has 7 nitrogen and oxygen atoms in total. The lowest BCUT2D eigenvalue weighted by molar-refractivity contribution is 0.168. The Labute approximate surface area is 142 Å². The Bertz CT molecular complexity index is 726. The van der Waals surface area contributed by atoms with Crippen LogP contribution >= 0.6 is 0 Å². The number of aryl methyl sites for hydroxylation is 3. The fraction of sp³-hybridized carbons (Fsp3) is 0.529. The van der Waals surface area contributed by atoms with Crippen LogP contribution in [0.1, 0.15) is 30.2 Å². The summed E-state index contributed by atoms with van der Waals surface area (Å²) >= 11 is 0. The number of amides is 2. The Morgan fingerprint density at radius 2 is 2.12 bits per heavy atom. The fourth-order valence-corrected chi connectivity index (χ4v) is 3.18. The van der Waals surface area contributed by atoms with Crippen molar-refractivity contribution in [3.63, 3.8) is 0 Å². The first-order valence-electron chi connectivity index (χ1n) is 8.39. The van der Waals surface area contributed by atoms with E-state index in [9.17, 15) is 4.79 Å². The van der Waals surface area contributed by atoms with Crippen molar-refractivity contribution in [2.75, 3.05) is 18.4 Å². The summed E-state index contributed by atoms with van der Waals surface area (Å²) in [6.07, 6.45) is 2.11. The molecule has 1 aliphatic rings. The van der Waals surface area contributed by atoms with Crippen molar-refractivity contribution in [2.45, 2.75) is 40.2 Å². The Kier molecular flexibility index (Phi) is 4.78. The van der Waals surface area contributed by atoms with E-state index >= 15 is 0 Å². The second-order valence-corrected chi connectivity index (χ2v) is 6.44. The van der Waals surface area contributed by atoms with Gasteiger partial charge in [0.05, 0.1) is 0 Å². The van der Waals surface area contributed by atoms with Gasteiger partial charge in [0.15, 0.2) is 0 Å². The summed E-state index contributed by atoms with van der Waals surface area (Å²) in [7, 11) is 0. The molecule has 3 rings (SSSR count). The third-order valence-electron chi connectivity index (χ3n) is 4.32. The Hall–Kier alpha value is -2.44. The van der Waals surface area contributed by atoms with Crippen molar-refractivity contribution in [1.82, 2.24) is 24.6 Å². The van der Waals surface area contributed by atoms with Crippen molar-refractivity contribution in [2.24, 2.45) is 5.92 Å². The fourth-order valence-electron chi connectivity index (χ4n) is 3.18. The first-order chi connectivity index (χ1) is 11.5. The third kappa shape index (κ3) is 3.90. The second-order valence-electron chi connectivity index (χ2n) is 6.44. The van der Waals surface area contributed by atoms with Crippen molar-refractivity contribution in [1.29, 1.82) is 0 Å². The molecule has 0 radical (unpaired) electrons. The van der Waals surface area contributed by atoms with Crippen molar-refractivity contribution in [3.05, 3.63) is 35.5 Å². The van der Waals surface area contributed by atoms with Gasteiger partial charge in [-0.3, -0.25) is 5.32 Å². The topological polar surface area (TPSA) is 75.9 Å². The van der Waals surface area contributed by atoms with E-state index in [0.717, 1.165) is 49.8 Å². The maximum Gasteiger partial charge on any atom is 0.323 e. The van der Waals surface area contributed by atoms with E-state index in [1.165, 1.54) is 0 Å². The number of urea groups is 1. The number of nitrogens with zero attached hydrogens (tertiary/aromatic N) is 5. The third-order valence-corrected chi connectivity index (χ3v) is 4.32. The number of piperidine rings is 1. The largest absolute Gasteiger partial charge is 0.324 e. The van der Waals surface area contributed by atoms with Gasteiger partial charge >= 0.3 is 6.03 Å². The lowest BCUT2D eigenvalue weighted by Crippen LogP contribution is -2.43. The van der Waals surface area contributed by atoms with Crippen LogP contribution in [0.4, 0.5) is 10.6 Å². The summed E-state index contributed by atoms with van der Waals surface area (Å²) in [5.41, 5.74) is 0.890. The maximum absolute atomic E-state index is 12.5. The number of pyridine rings is 1. The molecular formula is C17H24N6O. The number of nitrogens with one attached hydrogen (secondary N) is 1. The summed E-state index contributed by atoms with van der Waals surface area (Å²) < 4.78 is 1.95. The number of anilines is 1. The predicted molar refractivity (Wildman–Crippen MR) is 91.8 cm³/mol. The molecule has 2 amide bonds. The Balaban J connectivity index is 1.60. The lowest BCUT2D eigenvalue weighted by atomic mass is 9.98. The average molecular weight is 328 g/mol. The molecule has 128 valence electrons. The number of likely N-dealkylation sites (tertiary alicyclic amines) is 1. The summed E-state index contributed by atoms with van der Waals surface area (Å²) in [5, 5.41) is 7.32. The number of carbonyl (C=O) groups is 1. The summed E-state index contributed by atoms with van der Waals surface area (Å²) in [5.74, 6) is 2.72. The van der Waals surface area contributed by atoms with E-state index in [2.05, 4.69) is 20.4 Å². The zero-order valence-electron chi connectivity index (χ0n) is 14.5. The molecule has 1 N–H and O–H groups in total. The van der Waals surface area contributed by atoms with E-state index in [1.54, 1.807) is 0 Å². The van der Waals surface area contributed by atoms with Crippen LogP contribution in [-0.2, 0) is 6.54 Å². The van der Waals surface area contributed by atoms with Gasteiger partial charge in [-0.1, -0.05) is 6.07 Å². The van der Waals surface area contributed by atoms with Crippen LogP contribution in [0.15, 0.2) is 18.2 Å². The SMILES string of the molecule is Cc1cccc(NC(=O)N2CCCC(Cn3nc(C)nc3C)C2)n1. The van der Waals surface area contributed by atoms with E-state index in [4.69, 9.17) is 0 Å². The minimum atomic E-state index is -0.0794. The van der Waals surface area contributed by atoms with Crippen molar-refractivity contribution in [3.8, 4) is 0 Å². The van der Waals surface area contributed by atoms with Gasteiger partial charge in [-0.25, -0.2) is 19.4 Å². The molecule has 1 aliphatic heterocycles. The summed E-state index contributed by atoms with van der Waals surface area (Å²) in [4.78, 5) is 23.0. The molecule has 1 unspecified atom stereocenters. The van der Waals surface area contributed by atoms with Gasteiger partial charge < -0.3 is 4.90 Å². The number of rotatable bonds is 3. The molecule has 1 atom stereocenters. The second kappa shape index (κ2) is 6.98. The molecule has 2 aromatic heterocycles. The highest BCUT2D eigenvalue weighted by Gasteiger charge is 2.25. The summed E-state index contributed by atoms with van der Waals surface area (Å²) in [6, 6.07) is 5.54.